The van der Waals surface area contributed by atoms with Crippen LogP contribution in [0.2, 0.25) is 0 Å². The molecule has 2 aromatic carbocycles. The van der Waals surface area contributed by atoms with Gasteiger partial charge in [-0.2, -0.15) is 0 Å². The lowest BCUT2D eigenvalue weighted by molar-refractivity contribution is 0.103. The molecule has 2 rings (SSSR count). The molecule has 0 saturated heterocycles. The van der Waals surface area contributed by atoms with Gasteiger partial charge in [0.15, 0.2) is 17.3 Å². The molecule has 3 heteroatoms. The van der Waals surface area contributed by atoms with Crippen LogP contribution in [-0.4, -0.2) is 17.5 Å². The number of phenols is 1. The van der Waals surface area contributed by atoms with Crippen molar-refractivity contribution in [2.24, 2.45) is 5.92 Å². The van der Waals surface area contributed by atoms with E-state index < -0.39 is 0 Å². The third-order valence-electron chi connectivity index (χ3n) is 5.73. The second-order valence-corrected chi connectivity index (χ2v) is 8.20. The number of phenolic OH excluding ortho intramolecular Hbond substituents is 1. The molecular formula is C27H38O3. The number of ketones is 1. The Kier molecular flexibility index (Phi) is 11.1. The van der Waals surface area contributed by atoms with Crippen LogP contribution in [0.25, 0.3) is 0 Å². The standard InChI is InChI=1S/C27H38O3/c1-3-5-7-9-15-22(14-6-4-2)16-13-21-30-25-20-12-19-24(27(25)29)26(28)23-17-10-8-11-18-23/h8,10-12,17-20,22,29H,3-7,9,13-16,21H2,1-2H3. The molecule has 0 radical (unpaired) electrons. The number of rotatable bonds is 15. The Bertz CT molecular complexity index is 739. The summed E-state index contributed by atoms with van der Waals surface area (Å²) in [5.41, 5.74) is 0.849. The summed E-state index contributed by atoms with van der Waals surface area (Å²) in [5.74, 6) is 0.911. The summed E-state index contributed by atoms with van der Waals surface area (Å²) >= 11 is 0. The average molecular weight is 411 g/mol. The van der Waals surface area contributed by atoms with Gasteiger partial charge in [0.1, 0.15) is 0 Å². The largest absolute Gasteiger partial charge is 0.504 e. The maximum atomic E-state index is 12.7. The van der Waals surface area contributed by atoms with Gasteiger partial charge >= 0.3 is 0 Å². The lowest BCUT2D eigenvalue weighted by Crippen LogP contribution is -2.06. The maximum absolute atomic E-state index is 12.7. The van der Waals surface area contributed by atoms with Gasteiger partial charge in [0.05, 0.1) is 12.2 Å². The zero-order valence-electron chi connectivity index (χ0n) is 18.7. The van der Waals surface area contributed by atoms with Gasteiger partial charge in [-0.25, -0.2) is 0 Å². The first-order chi connectivity index (χ1) is 14.7. The molecule has 0 heterocycles. The second-order valence-electron chi connectivity index (χ2n) is 8.20. The van der Waals surface area contributed by atoms with E-state index in [1.807, 2.05) is 18.2 Å². The highest BCUT2D eigenvalue weighted by atomic mass is 16.5. The third-order valence-corrected chi connectivity index (χ3v) is 5.73. The first-order valence-corrected chi connectivity index (χ1v) is 11.7. The van der Waals surface area contributed by atoms with Crippen LogP contribution in [-0.2, 0) is 0 Å². The number of unbranched alkanes of at least 4 members (excludes halogenated alkanes) is 4. The van der Waals surface area contributed by atoms with Crippen LogP contribution >= 0.6 is 0 Å². The molecule has 0 amide bonds. The molecule has 0 aliphatic carbocycles. The predicted octanol–water partition coefficient (Wildman–Crippen LogP) is 7.56. The number of hydrogen-bond acceptors (Lipinski definition) is 3. The van der Waals surface area contributed by atoms with Gasteiger partial charge in [-0.3, -0.25) is 4.79 Å². The fourth-order valence-electron chi connectivity index (χ4n) is 3.91. The number of benzene rings is 2. The van der Waals surface area contributed by atoms with Crippen LogP contribution in [0.1, 0.15) is 94.0 Å². The van der Waals surface area contributed by atoms with Crippen molar-refractivity contribution in [3.63, 3.8) is 0 Å². The minimum atomic E-state index is -0.190. The first-order valence-electron chi connectivity index (χ1n) is 11.7. The maximum Gasteiger partial charge on any atom is 0.196 e. The van der Waals surface area contributed by atoms with E-state index in [1.165, 1.54) is 51.4 Å². The molecule has 3 nitrogen and oxygen atoms in total. The van der Waals surface area contributed by atoms with Gasteiger partial charge in [0.25, 0.3) is 0 Å². The van der Waals surface area contributed by atoms with Crippen molar-refractivity contribution in [2.75, 3.05) is 6.61 Å². The van der Waals surface area contributed by atoms with Crippen molar-refractivity contribution >= 4 is 5.78 Å². The molecule has 0 aliphatic rings. The summed E-state index contributed by atoms with van der Waals surface area (Å²) in [6.45, 7) is 5.07. The minimum Gasteiger partial charge on any atom is -0.504 e. The monoisotopic (exact) mass is 410 g/mol. The fourth-order valence-corrected chi connectivity index (χ4v) is 3.91. The third kappa shape index (κ3) is 7.85. The van der Waals surface area contributed by atoms with E-state index in [0.29, 0.717) is 17.9 Å². The number of carbonyl (C=O) groups is 1. The van der Waals surface area contributed by atoms with Crippen LogP contribution < -0.4 is 4.74 Å². The molecule has 0 saturated carbocycles. The van der Waals surface area contributed by atoms with Crippen LogP contribution in [0.3, 0.4) is 0 Å². The zero-order valence-corrected chi connectivity index (χ0v) is 18.7. The first kappa shape index (κ1) is 24.0. The number of aromatic hydroxyl groups is 1. The Hall–Kier alpha value is -2.29. The van der Waals surface area contributed by atoms with Crippen LogP contribution in [0.5, 0.6) is 11.5 Å². The summed E-state index contributed by atoms with van der Waals surface area (Å²) in [6.07, 6.45) is 12.6. The SMILES string of the molecule is CCCCCCC(CCCC)CCCOc1cccc(C(=O)c2ccccc2)c1O. The van der Waals surface area contributed by atoms with Gasteiger partial charge in [-0.05, 0) is 30.9 Å². The number of para-hydroxylation sites is 1. The van der Waals surface area contributed by atoms with Gasteiger partial charge in [-0.15, -0.1) is 0 Å². The summed E-state index contributed by atoms with van der Waals surface area (Å²) in [4.78, 5) is 12.7. The quantitative estimate of drug-likeness (QED) is 0.243. The van der Waals surface area contributed by atoms with Crippen molar-refractivity contribution in [3.05, 3.63) is 59.7 Å². The Morgan fingerprint density at radius 3 is 2.27 bits per heavy atom. The molecule has 1 N–H and O–H groups in total. The molecule has 30 heavy (non-hydrogen) atoms. The topological polar surface area (TPSA) is 46.5 Å². The summed E-state index contributed by atoms with van der Waals surface area (Å²) in [6, 6.07) is 14.2. The van der Waals surface area contributed by atoms with Crippen LogP contribution in [0.4, 0.5) is 0 Å². The van der Waals surface area contributed by atoms with Crippen molar-refractivity contribution in [1.29, 1.82) is 0 Å². The van der Waals surface area contributed by atoms with Crippen LogP contribution in [0, 0.1) is 5.92 Å². The Morgan fingerprint density at radius 1 is 0.833 bits per heavy atom. The highest BCUT2D eigenvalue weighted by Gasteiger charge is 2.17. The molecule has 0 aliphatic heterocycles. The smallest absolute Gasteiger partial charge is 0.196 e. The van der Waals surface area contributed by atoms with Crippen molar-refractivity contribution in [1.82, 2.24) is 0 Å². The average Bonchev–Trinajstić information content (AvgIpc) is 2.78. The fraction of sp³-hybridized carbons (Fsp3) is 0.519. The molecule has 0 bridgehead atoms. The van der Waals surface area contributed by atoms with E-state index in [9.17, 15) is 9.90 Å². The van der Waals surface area contributed by atoms with E-state index in [-0.39, 0.29) is 17.1 Å². The van der Waals surface area contributed by atoms with Crippen molar-refractivity contribution in [3.8, 4) is 11.5 Å². The summed E-state index contributed by atoms with van der Waals surface area (Å²) in [5, 5.41) is 10.6. The van der Waals surface area contributed by atoms with E-state index in [0.717, 1.165) is 18.8 Å². The van der Waals surface area contributed by atoms with Gasteiger partial charge in [0.2, 0.25) is 0 Å². The highest BCUT2D eigenvalue weighted by molar-refractivity contribution is 6.11. The Labute approximate surface area is 182 Å². The number of hydrogen-bond donors (Lipinski definition) is 1. The lowest BCUT2D eigenvalue weighted by atomic mass is 9.91. The molecule has 164 valence electrons. The zero-order chi connectivity index (χ0) is 21.6. The second kappa shape index (κ2) is 13.8. The van der Waals surface area contributed by atoms with Gasteiger partial charge in [-0.1, -0.05) is 102 Å². The Morgan fingerprint density at radius 2 is 1.53 bits per heavy atom. The molecule has 0 spiro atoms. The number of ether oxygens (including phenoxy) is 1. The number of carbonyl (C=O) groups excluding carboxylic acids is 1. The molecule has 0 fully saturated rings. The molecular weight excluding hydrogens is 372 g/mol. The van der Waals surface area contributed by atoms with Crippen LogP contribution in [0.15, 0.2) is 48.5 Å². The van der Waals surface area contributed by atoms with E-state index in [4.69, 9.17) is 4.74 Å². The van der Waals surface area contributed by atoms with E-state index in [1.54, 1.807) is 30.3 Å². The lowest BCUT2D eigenvalue weighted by Gasteiger charge is -2.17. The highest BCUT2D eigenvalue weighted by Crippen LogP contribution is 2.32. The van der Waals surface area contributed by atoms with Gasteiger partial charge in [0, 0.05) is 5.56 Å². The molecule has 1 unspecified atom stereocenters. The normalized spacial score (nSPS) is 11.9. The van der Waals surface area contributed by atoms with E-state index >= 15 is 0 Å². The van der Waals surface area contributed by atoms with E-state index in [2.05, 4.69) is 13.8 Å². The molecule has 1 atom stereocenters. The minimum absolute atomic E-state index is 0.0616. The van der Waals surface area contributed by atoms with Crippen molar-refractivity contribution < 1.29 is 14.6 Å². The predicted molar refractivity (Wildman–Crippen MR) is 124 cm³/mol. The Balaban J connectivity index is 1.86. The molecule has 2 aromatic rings. The summed E-state index contributed by atoms with van der Waals surface area (Å²) < 4.78 is 5.86. The van der Waals surface area contributed by atoms with Gasteiger partial charge < -0.3 is 9.84 Å². The molecule has 0 aromatic heterocycles. The van der Waals surface area contributed by atoms with Crippen molar-refractivity contribution in [2.45, 2.75) is 78.1 Å². The summed E-state index contributed by atoms with van der Waals surface area (Å²) in [7, 11) is 0.